The molecule has 0 saturated carbocycles. The minimum Gasteiger partial charge on any atom is -0.444 e. The van der Waals surface area contributed by atoms with Gasteiger partial charge in [0.15, 0.2) is 5.78 Å². The minimum absolute atomic E-state index is 0.0615. The van der Waals surface area contributed by atoms with Gasteiger partial charge in [0.2, 0.25) is 0 Å². The number of carbonyl (C=O) groups excluding carboxylic acids is 2. The Kier molecular flexibility index (Phi) is 4.03. The Hall–Kier alpha value is -1.91. The molecule has 0 bridgehead atoms. The number of fused-ring (bicyclic) bond motifs is 1. The topological polar surface area (TPSA) is 55.4 Å². The zero-order valence-electron chi connectivity index (χ0n) is 12.7. The van der Waals surface area contributed by atoms with E-state index in [2.05, 4.69) is 5.32 Å². The number of nitrogens with one attached hydrogen (secondary N) is 1. The number of rotatable bonds is 2. The summed E-state index contributed by atoms with van der Waals surface area (Å²) in [5, 5.41) is 2.68. The van der Waals surface area contributed by atoms with Crippen LogP contribution in [0.25, 0.3) is 0 Å². The summed E-state index contributed by atoms with van der Waals surface area (Å²) >= 11 is 0. The molecule has 1 aromatic rings. The average molecular weight is 293 g/mol. The van der Waals surface area contributed by atoms with E-state index >= 15 is 0 Å². The van der Waals surface area contributed by atoms with E-state index in [0.29, 0.717) is 17.5 Å². The molecule has 0 spiro atoms. The third-order valence-corrected chi connectivity index (χ3v) is 3.46. The molecule has 0 heterocycles. The summed E-state index contributed by atoms with van der Waals surface area (Å²) < 4.78 is 18.4. The van der Waals surface area contributed by atoms with Crippen LogP contribution in [0.2, 0.25) is 0 Å². The summed E-state index contributed by atoms with van der Waals surface area (Å²) in [6.45, 7) is 7.08. The summed E-state index contributed by atoms with van der Waals surface area (Å²) in [4.78, 5) is 24.1. The van der Waals surface area contributed by atoms with Gasteiger partial charge in [-0.1, -0.05) is 0 Å². The molecule has 4 nitrogen and oxygen atoms in total. The van der Waals surface area contributed by atoms with Crippen molar-refractivity contribution in [3.05, 3.63) is 35.1 Å². The highest BCUT2D eigenvalue weighted by Crippen LogP contribution is 2.29. The van der Waals surface area contributed by atoms with E-state index in [1.165, 1.54) is 18.2 Å². The van der Waals surface area contributed by atoms with E-state index in [9.17, 15) is 14.0 Å². The van der Waals surface area contributed by atoms with Crippen molar-refractivity contribution in [3.8, 4) is 0 Å². The number of benzene rings is 1. The highest BCUT2D eigenvalue weighted by molar-refractivity contribution is 6.02. The first-order valence-corrected chi connectivity index (χ1v) is 6.99. The lowest BCUT2D eigenvalue weighted by atomic mass is 9.97. The van der Waals surface area contributed by atoms with Crippen molar-refractivity contribution in [1.82, 2.24) is 5.32 Å². The molecule has 114 valence electrons. The lowest BCUT2D eigenvalue weighted by molar-refractivity contribution is 0.0491. The fourth-order valence-electron chi connectivity index (χ4n) is 2.50. The Morgan fingerprint density at radius 3 is 2.71 bits per heavy atom. The molecule has 0 aromatic heterocycles. The zero-order valence-corrected chi connectivity index (χ0v) is 12.7. The summed E-state index contributed by atoms with van der Waals surface area (Å²) in [6, 6.07) is 3.80. The minimum atomic E-state index is -0.588. The van der Waals surface area contributed by atoms with Crippen molar-refractivity contribution in [2.24, 2.45) is 5.92 Å². The first-order valence-electron chi connectivity index (χ1n) is 6.99. The molecule has 2 rings (SSSR count). The van der Waals surface area contributed by atoms with Crippen LogP contribution >= 0.6 is 0 Å². The molecule has 2 unspecified atom stereocenters. The molecule has 0 fully saturated rings. The quantitative estimate of drug-likeness (QED) is 0.911. The van der Waals surface area contributed by atoms with Crippen LogP contribution in [0.5, 0.6) is 0 Å². The van der Waals surface area contributed by atoms with Crippen molar-refractivity contribution in [1.29, 1.82) is 0 Å². The number of ketones is 1. The van der Waals surface area contributed by atoms with Gasteiger partial charge in [0.1, 0.15) is 11.4 Å². The van der Waals surface area contributed by atoms with Crippen LogP contribution in [-0.4, -0.2) is 23.5 Å². The maximum atomic E-state index is 13.2. The van der Waals surface area contributed by atoms with E-state index in [0.717, 1.165) is 0 Å². The maximum absolute atomic E-state index is 13.2. The maximum Gasteiger partial charge on any atom is 0.407 e. The first-order chi connectivity index (χ1) is 9.67. The van der Waals surface area contributed by atoms with Gasteiger partial charge < -0.3 is 10.1 Å². The predicted molar refractivity (Wildman–Crippen MR) is 76.8 cm³/mol. The summed E-state index contributed by atoms with van der Waals surface area (Å²) in [5.41, 5.74) is 0.650. The van der Waals surface area contributed by atoms with Crippen molar-refractivity contribution in [3.63, 3.8) is 0 Å². The van der Waals surface area contributed by atoms with Gasteiger partial charge >= 0.3 is 6.09 Å². The van der Waals surface area contributed by atoms with Crippen LogP contribution in [0, 0.1) is 11.7 Å². The van der Waals surface area contributed by atoms with E-state index < -0.39 is 11.7 Å². The van der Waals surface area contributed by atoms with Gasteiger partial charge in [-0.15, -0.1) is 0 Å². The average Bonchev–Trinajstić information content (AvgIpc) is 2.63. The number of hydrogen-bond acceptors (Lipinski definition) is 3. The SMILES string of the molecule is CC(NC(=O)OC(C)(C)C)C1Cc2cc(F)ccc2C1=O. The monoisotopic (exact) mass is 293 g/mol. The molecular formula is C16H20FNO3. The van der Waals surface area contributed by atoms with Gasteiger partial charge in [-0.25, -0.2) is 9.18 Å². The Bertz CT molecular complexity index is 577. The van der Waals surface area contributed by atoms with Crippen molar-refractivity contribution >= 4 is 11.9 Å². The Morgan fingerprint density at radius 1 is 1.43 bits per heavy atom. The molecular weight excluding hydrogens is 273 g/mol. The Morgan fingerprint density at radius 2 is 2.10 bits per heavy atom. The number of amides is 1. The second kappa shape index (κ2) is 5.47. The second-order valence-corrected chi connectivity index (χ2v) is 6.41. The van der Waals surface area contributed by atoms with E-state index in [1.54, 1.807) is 27.7 Å². The molecule has 5 heteroatoms. The van der Waals surface area contributed by atoms with Crippen LogP contribution in [0.15, 0.2) is 18.2 Å². The standard InChI is InChI=1S/C16H20FNO3/c1-9(18-15(20)21-16(2,3)4)13-8-10-7-11(17)5-6-12(10)14(13)19/h5-7,9,13H,8H2,1-4H3,(H,18,20). The largest absolute Gasteiger partial charge is 0.444 e. The molecule has 0 aliphatic heterocycles. The highest BCUT2D eigenvalue weighted by Gasteiger charge is 2.35. The molecule has 0 radical (unpaired) electrons. The van der Waals surface area contributed by atoms with Crippen LogP contribution in [0.1, 0.15) is 43.6 Å². The molecule has 1 aliphatic carbocycles. The van der Waals surface area contributed by atoms with Gasteiger partial charge in [0.25, 0.3) is 0 Å². The smallest absolute Gasteiger partial charge is 0.407 e. The Balaban J connectivity index is 2.04. The third-order valence-electron chi connectivity index (χ3n) is 3.46. The number of halogens is 1. The Labute approximate surface area is 123 Å². The number of Topliss-reactive ketones (excluding diaryl/α,β-unsaturated/α-hetero) is 1. The predicted octanol–water partition coefficient (Wildman–Crippen LogP) is 3.09. The van der Waals surface area contributed by atoms with E-state index in [-0.39, 0.29) is 23.6 Å². The number of ether oxygens (including phenoxy) is 1. The number of carbonyl (C=O) groups is 2. The van der Waals surface area contributed by atoms with Crippen LogP contribution in [0.3, 0.4) is 0 Å². The van der Waals surface area contributed by atoms with E-state index in [4.69, 9.17) is 4.74 Å². The molecule has 1 amide bonds. The van der Waals surface area contributed by atoms with Gasteiger partial charge in [-0.2, -0.15) is 0 Å². The molecule has 1 aliphatic rings. The second-order valence-electron chi connectivity index (χ2n) is 6.41. The fraction of sp³-hybridized carbons (Fsp3) is 0.500. The van der Waals surface area contributed by atoms with Crippen LogP contribution in [-0.2, 0) is 11.2 Å². The van der Waals surface area contributed by atoms with Gasteiger partial charge in [-0.05, 0) is 57.9 Å². The van der Waals surface area contributed by atoms with E-state index in [1.807, 2.05) is 0 Å². The highest BCUT2D eigenvalue weighted by atomic mass is 19.1. The zero-order chi connectivity index (χ0) is 15.8. The molecule has 2 atom stereocenters. The van der Waals surface area contributed by atoms with Gasteiger partial charge in [-0.3, -0.25) is 4.79 Å². The summed E-state index contributed by atoms with van der Waals surface area (Å²) in [7, 11) is 0. The number of hydrogen-bond donors (Lipinski definition) is 1. The summed E-state index contributed by atoms with van der Waals surface area (Å²) in [6.07, 6.45) is -0.118. The van der Waals surface area contributed by atoms with Crippen LogP contribution < -0.4 is 5.32 Å². The third kappa shape index (κ3) is 3.60. The van der Waals surface area contributed by atoms with Gasteiger partial charge in [0, 0.05) is 17.5 Å². The van der Waals surface area contributed by atoms with Gasteiger partial charge in [0.05, 0.1) is 0 Å². The number of alkyl carbamates (subject to hydrolysis) is 1. The lowest BCUT2D eigenvalue weighted by Gasteiger charge is -2.24. The molecule has 1 aromatic carbocycles. The molecule has 21 heavy (non-hydrogen) atoms. The summed E-state index contributed by atoms with van der Waals surface area (Å²) in [5.74, 6) is -0.794. The molecule has 1 N–H and O–H groups in total. The molecule has 0 saturated heterocycles. The normalized spacial score (nSPS) is 19.1. The van der Waals surface area contributed by atoms with Crippen molar-refractivity contribution in [2.45, 2.75) is 45.8 Å². The van der Waals surface area contributed by atoms with Crippen molar-refractivity contribution < 1.29 is 18.7 Å². The lowest BCUT2D eigenvalue weighted by Crippen LogP contribution is -2.43. The first kappa shape index (κ1) is 15.5. The van der Waals surface area contributed by atoms with Crippen LogP contribution in [0.4, 0.5) is 9.18 Å². The fourth-order valence-corrected chi connectivity index (χ4v) is 2.50. The van der Waals surface area contributed by atoms with Crippen molar-refractivity contribution in [2.75, 3.05) is 0 Å².